The molecule has 0 saturated carbocycles. The number of aliphatic imine (C=N–C) groups is 1. The minimum atomic E-state index is -0.189. The molecule has 38 heavy (non-hydrogen) atoms. The molecule has 0 bridgehead atoms. The van der Waals surface area contributed by atoms with E-state index in [1.807, 2.05) is 82.5 Å². The maximum atomic E-state index is 12.9. The van der Waals surface area contributed by atoms with Gasteiger partial charge in [-0.2, -0.15) is 5.10 Å². The average molecular weight is 512 g/mol. The van der Waals surface area contributed by atoms with Crippen molar-refractivity contribution in [1.82, 2.24) is 20.1 Å². The first kappa shape index (κ1) is 28.4. The van der Waals surface area contributed by atoms with Gasteiger partial charge < -0.3 is 5.32 Å². The smallest absolute Gasteiger partial charge is 0.266 e. The van der Waals surface area contributed by atoms with Gasteiger partial charge in [0, 0.05) is 37.0 Å². The lowest BCUT2D eigenvalue weighted by atomic mass is 9.88. The topological polar surface area (TPSA) is 89.2 Å². The molecule has 1 aliphatic heterocycles. The fourth-order valence-electron chi connectivity index (χ4n) is 4.35. The molecule has 7 nitrogen and oxygen atoms in total. The zero-order chi connectivity index (χ0) is 27.5. The Hall–Kier alpha value is -4.13. The third-order valence-electron chi connectivity index (χ3n) is 6.19. The van der Waals surface area contributed by atoms with Crippen molar-refractivity contribution in [1.29, 1.82) is 0 Å². The maximum Gasteiger partial charge on any atom is 0.266 e. The van der Waals surface area contributed by atoms with Crippen LogP contribution in [0.15, 0.2) is 88.9 Å². The molecule has 1 N–H and O–H groups in total. The van der Waals surface area contributed by atoms with E-state index in [0.717, 1.165) is 28.8 Å². The molecule has 1 unspecified atom stereocenters. The number of amidine groups is 1. The number of pyridine rings is 1. The van der Waals surface area contributed by atoms with Crippen molar-refractivity contribution in [3.8, 4) is 11.3 Å². The molecule has 2 atom stereocenters. The van der Waals surface area contributed by atoms with Gasteiger partial charge in [-0.25, -0.2) is 9.67 Å². The van der Waals surface area contributed by atoms with Crippen molar-refractivity contribution in [2.75, 3.05) is 0 Å². The molecule has 1 aliphatic carbocycles. The number of benzene rings is 1. The molecule has 1 aromatic carbocycles. The number of hydrogen-bond donors (Lipinski definition) is 1. The number of nitrogens with one attached hydrogen (secondary N) is 1. The molecule has 2 aliphatic rings. The van der Waals surface area contributed by atoms with Crippen molar-refractivity contribution in [3.63, 3.8) is 0 Å². The van der Waals surface area contributed by atoms with E-state index < -0.39 is 0 Å². The summed E-state index contributed by atoms with van der Waals surface area (Å²) in [4.78, 5) is 33.9. The van der Waals surface area contributed by atoms with Gasteiger partial charge in [0.15, 0.2) is 0 Å². The lowest BCUT2D eigenvalue weighted by Crippen LogP contribution is -2.41. The van der Waals surface area contributed by atoms with Gasteiger partial charge in [-0.1, -0.05) is 70.2 Å². The third kappa shape index (κ3) is 7.00. The van der Waals surface area contributed by atoms with Crippen molar-refractivity contribution >= 4 is 17.4 Å². The number of nitrogens with zero attached hydrogens (tertiary/aromatic N) is 4. The van der Waals surface area contributed by atoms with E-state index in [1.165, 1.54) is 10.7 Å². The molecular weight excluding hydrogens is 474 g/mol. The maximum absolute atomic E-state index is 12.9. The normalized spacial score (nSPS) is 17.1. The van der Waals surface area contributed by atoms with Crippen molar-refractivity contribution in [3.05, 3.63) is 101 Å². The highest BCUT2D eigenvalue weighted by molar-refractivity contribution is 6.03. The molecule has 0 spiro atoms. The van der Waals surface area contributed by atoms with Crippen LogP contribution in [0.1, 0.15) is 45.2 Å². The Labute approximate surface area is 225 Å². The molecule has 7 heteroatoms. The lowest BCUT2D eigenvalue weighted by molar-refractivity contribution is -0.122. The summed E-state index contributed by atoms with van der Waals surface area (Å²) in [6.07, 6.45) is 13.5. The SMILES string of the molecule is CC.CC.Cn1nc(-c2cncc(CC3Cc4ccccc4N=C3NC(=O)[C@@H]3C=CC=CC3)c2)ccc1=O. The minimum Gasteiger partial charge on any atom is -0.313 e. The number of carbonyl (C=O) groups excluding carboxylic acids is 1. The van der Waals surface area contributed by atoms with Crippen LogP contribution in [-0.4, -0.2) is 26.5 Å². The number of aryl methyl sites for hydroxylation is 1. The van der Waals surface area contributed by atoms with Crippen LogP contribution in [0, 0.1) is 11.8 Å². The zero-order valence-electron chi connectivity index (χ0n) is 22.9. The predicted molar refractivity (Wildman–Crippen MR) is 154 cm³/mol. The van der Waals surface area contributed by atoms with E-state index >= 15 is 0 Å². The molecule has 198 valence electrons. The van der Waals surface area contributed by atoms with Gasteiger partial charge in [-0.15, -0.1) is 0 Å². The molecule has 0 radical (unpaired) electrons. The van der Waals surface area contributed by atoms with Gasteiger partial charge in [0.2, 0.25) is 5.91 Å². The Morgan fingerprint density at radius 2 is 1.84 bits per heavy atom. The first-order valence-electron chi connectivity index (χ1n) is 13.4. The van der Waals surface area contributed by atoms with Gasteiger partial charge in [0.05, 0.1) is 17.3 Å². The summed E-state index contributed by atoms with van der Waals surface area (Å²) < 4.78 is 1.31. The Kier molecular flexibility index (Phi) is 10.5. The van der Waals surface area contributed by atoms with E-state index in [4.69, 9.17) is 4.99 Å². The Morgan fingerprint density at radius 3 is 2.58 bits per heavy atom. The largest absolute Gasteiger partial charge is 0.313 e. The molecule has 0 fully saturated rings. The highest BCUT2D eigenvalue weighted by atomic mass is 16.2. The number of allylic oxidation sites excluding steroid dienone is 3. The van der Waals surface area contributed by atoms with Crippen LogP contribution in [-0.2, 0) is 24.7 Å². The fourth-order valence-corrected chi connectivity index (χ4v) is 4.35. The summed E-state index contributed by atoms with van der Waals surface area (Å²) in [7, 11) is 1.63. The van der Waals surface area contributed by atoms with Crippen LogP contribution >= 0.6 is 0 Å². The van der Waals surface area contributed by atoms with Crippen LogP contribution in [0.3, 0.4) is 0 Å². The van der Waals surface area contributed by atoms with E-state index in [0.29, 0.717) is 24.4 Å². The van der Waals surface area contributed by atoms with Gasteiger partial charge in [-0.05, 0) is 48.6 Å². The Bertz CT molecular complexity index is 1390. The van der Waals surface area contributed by atoms with E-state index in [2.05, 4.69) is 21.5 Å². The van der Waals surface area contributed by atoms with Crippen LogP contribution in [0.5, 0.6) is 0 Å². The first-order chi connectivity index (χ1) is 18.6. The van der Waals surface area contributed by atoms with Gasteiger partial charge in [-0.3, -0.25) is 14.6 Å². The second-order valence-corrected chi connectivity index (χ2v) is 8.64. The standard InChI is InChI=1S/C27H25N5O2.2C2H6/c1-32-25(33)12-11-24(31-32)22-14-18(16-28-17-22)13-21-15-20-9-5-6-10-23(20)29-26(21)30-27(34)19-7-3-2-4-8-19;2*1-2/h2-7,9-12,14,16-17,19,21H,8,13,15H2,1H3,(H,29,30,34);2*1-2H3/t19-,21?;;/m1../s1. The molecule has 0 saturated heterocycles. The number of para-hydroxylation sites is 1. The Morgan fingerprint density at radius 1 is 1.05 bits per heavy atom. The number of hydrogen-bond acceptors (Lipinski definition) is 5. The van der Waals surface area contributed by atoms with Crippen molar-refractivity contribution in [2.45, 2.75) is 47.0 Å². The molecule has 5 rings (SSSR count). The summed E-state index contributed by atoms with van der Waals surface area (Å²) >= 11 is 0. The summed E-state index contributed by atoms with van der Waals surface area (Å²) in [6, 6.07) is 13.3. The van der Waals surface area contributed by atoms with Crippen LogP contribution in [0.2, 0.25) is 0 Å². The Balaban J connectivity index is 0.000000956. The molecule has 2 aromatic heterocycles. The third-order valence-corrected chi connectivity index (χ3v) is 6.19. The number of rotatable bonds is 4. The zero-order valence-corrected chi connectivity index (χ0v) is 22.9. The van der Waals surface area contributed by atoms with E-state index in [1.54, 1.807) is 19.3 Å². The monoisotopic (exact) mass is 511 g/mol. The second-order valence-electron chi connectivity index (χ2n) is 8.64. The highest BCUT2D eigenvalue weighted by Crippen LogP contribution is 2.30. The number of fused-ring (bicyclic) bond motifs is 1. The number of carbonyl (C=O) groups is 1. The summed E-state index contributed by atoms with van der Waals surface area (Å²) in [5, 5.41) is 7.45. The fraction of sp³-hybridized carbons (Fsp3) is 0.323. The molecular formula is C31H37N5O2. The lowest BCUT2D eigenvalue weighted by Gasteiger charge is -2.26. The number of amides is 1. The predicted octanol–water partition coefficient (Wildman–Crippen LogP) is 5.59. The van der Waals surface area contributed by atoms with Gasteiger partial charge >= 0.3 is 0 Å². The summed E-state index contributed by atoms with van der Waals surface area (Å²) in [6.45, 7) is 8.00. The highest BCUT2D eigenvalue weighted by Gasteiger charge is 2.27. The second kappa shape index (κ2) is 14.0. The molecule has 3 heterocycles. The van der Waals surface area contributed by atoms with E-state index in [9.17, 15) is 9.59 Å². The average Bonchev–Trinajstić information content (AvgIpc) is 2.97. The summed E-state index contributed by atoms with van der Waals surface area (Å²) in [5.41, 5.74) is 4.44. The van der Waals surface area contributed by atoms with E-state index in [-0.39, 0.29) is 23.3 Å². The van der Waals surface area contributed by atoms with Crippen LogP contribution < -0.4 is 10.9 Å². The van der Waals surface area contributed by atoms with Crippen LogP contribution in [0.25, 0.3) is 11.3 Å². The first-order valence-corrected chi connectivity index (χ1v) is 13.4. The van der Waals surface area contributed by atoms with Crippen molar-refractivity contribution in [2.24, 2.45) is 23.9 Å². The van der Waals surface area contributed by atoms with Crippen LogP contribution in [0.4, 0.5) is 5.69 Å². The van der Waals surface area contributed by atoms with Crippen molar-refractivity contribution < 1.29 is 4.79 Å². The van der Waals surface area contributed by atoms with Gasteiger partial charge in [0.25, 0.3) is 5.56 Å². The molecule has 3 aromatic rings. The summed E-state index contributed by atoms with van der Waals surface area (Å²) in [5.74, 6) is 0.473. The molecule has 1 amide bonds. The minimum absolute atomic E-state index is 0.00657. The number of aromatic nitrogens is 3. The quantitative estimate of drug-likeness (QED) is 0.495. The van der Waals surface area contributed by atoms with Gasteiger partial charge in [0.1, 0.15) is 5.84 Å².